The average Bonchev–Trinajstić information content (AvgIpc) is 3.25. The lowest BCUT2D eigenvalue weighted by Crippen LogP contribution is -2.18. The van der Waals surface area contributed by atoms with Crippen LogP contribution < -0.4 is 14.3 Å². The van der Waals surface area contributed by atoms with Crippen LogP contribution in [0.3, 0.4) is 0 Å². The second kappa shape index (κ2) is 6.69. The SMILES string of the molecule is C#CCn1c(=NC(=O)c2ccnn2CC)sc2cc3c(cc21)OCCO3. The molecule has 0 saturated heterocycles. The number of amides is 1. The Hall–Kier alpha value is -3.05. The lowest BCUT2D eigenvalue weighted by molar-refractivity contribution is 0.0987. The molecule has 0 N–H and O–H groups in total. The van der Waals surface area contributed by atoms with Gasteiger partial charge in [0.25, 0.3) is 5.91 Å². The molecule has 0 unspecified atom stereocenters. The Bertz CT molecular complexity index is 1100. The second-order valence-electron chi connectivity index (χ2n) is 5.59. The van der Waals surface area contributed by atoms with E-state index in [2.05, 4.69) is 16.0 Å². The molecule has 8 heteroatoms. The zero-order chi connectivity index (χ0) is 18.1. The molecule has 0 atom stereocenters. The fourth-order valence-electron chi connectivity index (χ4n) is 2.85. The van der Waals surface area contributed by atoms with Gasteiger partial charge in [0.15, 0.2) is 16.3 Å². The van der Waals surface area contributed by atoms with Crippen LogP contribution in [0.5, 0.6) is 11.5 Å². The first kappa shape index (κ1) is 16.4. The maximum atomic E-state index is 12.6. The standard InChI is InChI=1S/C18H16N4O3S/c1-3-7-21-13-10-14-15(25-9-8-24-14)11-16(13)26-18(21)20-17(23)12-5-6-19-22(12)4-2/h1,5-6,10-11H,4,7-9H2,2H3. The van der Waals surface area contributed by atoms with Crippen molar-refractivity contribution in [3.63, 3.8) is 0 Å². The lowest BCUT2D eigenvalue weighted by Gasteiger charge is -2.18. The van der Waals surface area contributed by atoms with Crippen molar-refractivity contribution in [2.45, 2.75) is 20.0 Å². The topological polar surface area (TPSA) is 70.6 Å². The molecule has 132 valence electrons. The third-order valence-corrected chi connectivity index (χ3v) is 5.07. The number of hydrogen-bond donors (Lipinski definition) is 0. The van der Waals surface area contributed by atoms with Crippen LogP contribution in [-0.4, -0.2) is 33.5 Å². The molecule has 1 aromatic carbocycles. The van der Waals surface area contributed by atoms with Crippen molar-refractivity contribution >= 4 is 27.5 Å². The van der Waals surface area contributed by atoms with E-state index in [1.807, 2.05) is 23.6 Å². The zero-order valence-corrected chi connectivity index (χ0v) is 15.0. The van der Waals surface area contributed by atoms with E-state index in [-0.39, 0.29) is 5.91 Å². The highest BCUT2D eigenvalue weighted by Crippen LogP contribution is 2.35. The number of carbonyl (C=O) groups is 1. The summed E-state index contributed by atoms with van der Waals surface area (Å²) in [7, 11) is 0. The molecule has 0 fully saturated rings. The van der Waals surface area contributed by atoms with Crippen molar-refractivity contribution in [3.8, 4) is 23.8 Å². The van der Waals surface area contributed by atoms with E-state index >= 15 is 0 Å². The summed E-state index contributed by atoms with van der Waals surface area (Å²) in [6, 6.07) is 5.45. The van der Waals surface area contributed by atoms with Crippen molar-refractivity contribution in [1.82, 2.24) is 14.3 Å². The molecule has 1 amide bonds. The number of terminal acetylenes is 1. The van der Waals surface area contributed by atoms with Crippen molar-refractivity contribution in [3.05, 3.63) is 34.9 Å². The Morgan fingerprint density at radius 2 is 2.15 bits per heavy atom. The maximum Gasteiger partial charge on any atom is 0.297 e. The number of hydrogen-bond acceptors (Lipinski definition) is 5. The first-order valence-electron chi connectivity index (χ1n) is 8.18. The van der Waals surface area contributed by atoms with Crippen molar-refractivity contribution in [2.24, 2.45) is 4.99 Å². The molecular formula is C18H16N4O3S. The van der Waals surface area contributed by atoms with E-state index in [4.69, 9.17) is 15.9 Å². The van der Waals surface area contributed by atoms with Gasteiger partial charge in [-0.25, -0.2) is 0 Å². The van der Waals surface area contributed by atoms with Gasteiger partial charge in [-0.05, 0) is 13.0 Å². The van der Waals surface area contributed by atoms with Gasteiger partial charge in [0.05, 0.1) is 16.8 Å². The van der Waals surface area contributed by atoms with E-state index in [1.54, 1.807) is 16.9 Å². The van der Waals surface area contributed by atoms with Gasteiger partial charge in [-0.2, -0.15) is 10.1 Å². The highest BCUT2D eigenvalue weighted by Gasteiger charge is 2.17. The number of ether oxygens (including phenoxy) is 2. The number of carbonyl (C=O) groups excluding carboxylic acids is 1. The van der Waals surface area contributed by atoms with Crippen LogP contribution in [0.4, 0.5) is 0 Å². The normalized spacial score (nSPS) is 13.8. The first-order chi connectivity index (χ1) is 12.7. The van der Waals surface area contributed by atoms with Gasteiger partial charge in [-0.15, -0.1) is 6.42 Å². The number of nitrogens with zero attached hydrogens (tertiary/aromatic N) is 4. The predicted octanol–water partition coefficient (Wildman–Crippen LogP) is 2.06. The largest absolute Gasteiger partial charge is 0.486 e. The number of thiazole rings is 1. The molecule has 3 heterocycles. The highest BCUT2D eigenvalue weighted by molar-refractivity contribution is 7.16. The van der Waals surface area contributed by atoms with Gasteiger partial charge in [0, 0.05) is 24.9 Å². The highest BCUT2D eigenvalue weighted by atomic mass is 32.1. The number of rotatable bonds is 3. The number of fused-ring (bicyclic) bond motifs is 2. The summed E-state index contributed by atoms with van der Waals surface area (Å²) in [5.74, 6) is 3.64. The Balaban J connectivity index is 1.87. The first-order valence-corrected chi connectivity index (χ1v) is 9.00. The van der Waals surface area contributed by atoms with Gasteiger partial charge >= 0.3 is 0 Å². The van der Waals surface area contributed by atoms with Crippen LogP contribution in [0.15, 0.2) is 29.4 Å². The molecule has 0 bridgehead atoms. The van der Waals surface area contributed by atoms with E-state index in [1.165, 1.54) is 11.3 Å². The number of aryl methyl sites for hydroxylation is 1. The molecular weight excluding hydrogens is 352 g/mol. The molecule has 0 saturated carbocycles. The van der Waals surface area contributed by atoms with Gasteiger partial charge in [-0.3, -0.25) is 9.48 Å². The van der Waals surface area contributed by atoms with Crippen LogP contribution in [0.2, 0.25) is 0 Å². The van der Waals surface area contributed by atoms with Gasteiger partial charge < -0.3 is 14.0 Å². The molecule has 7 nitrogen and oxygen atoms in total. The molecule has 26 heavy (non-hydrogen) atoms. The molecule has 0 spiro atoms. The van der Waals surface area contributed by atoms with Crippen molar-refractivity contribution in [1.29, 1.82) is 0 Å². The Morgan fingerprint density at radius 3 is 2.88 bits per heavy atom. The van der Waals surface area contributed by atoms with E-state index in [9.17, 15) is 4.79 Å². The summed E-state index contributed by atoms with van der Waals surface area (Å²) in [5.41, 5.74) is 1.32. The summed E-state index contributed by atoms with van der Waals surface area (Å²) in [6.07, 6.45) is 7.12. The maximum absolute atomic E-state index is 12.6. The summed E-state index contributed by atoms with van der Waals surface area (Å²) < 4.78 is 15.7. The third-order valence-electron chi connectivity index (χ3n) is 4.03. The van der Waals surface area contributed by atoms with Crippen molar-refractivity contribution in [2.75, 3.05) is 13.2 Å². The minimum Gasteiger partial charge on any atom is -0.486 e. The van der Waals surface area contributed by atoms with Gasteiger partial charge in [0.1, 0.15) is 18.9 Å². The molecule has 0 radical (unpaired) electrons. The van der Waals surface area contributed by atoms with Crippen LogP contribution in [0.1, 0.15) is 17.4 Å². The van der Waals surface area contributed by atoms with Gasteiger partial charge in [-0.1, -0.05) is 17.3 Å². The second-order valence-corrected chi connectivity index (χ2v) is 6.60. The molecule has 1 aliphatic heterocycles. The van der Waals surface area contributed by atoms with Crippen LogP contribution in [0, 0.1) is 12.3 Å². The quantitative estimate of drug-likeness (QED) is 0.664. The minimum atomic E-state index is -0.348. The monoisotopic (exact) mass is 368 g/mol. The third kappa shape index (κ3) is 2.76. The number of aromatic nitrogens is 3. The summed E-state index contributed by atoms with van der Waals surface area (Å²) in [5, 5.41) is 4.12. The Labute approximate surface area is 153 Å². The molecule has 4 rings (SSSR count). The fraction of sp³-hybridized carbons (Fsp3) is 0.278. The van der Waals surface area contributed by atoms with Crippen LogP contribution >= 0.6 is 11.3 Å². The summed E-state index contributed by atoms with van der Waals surface area (Å²) in [4.78, 5) is 17.4. The smallest absolute Gasteiger partial charge is 0.297 e. The number of benzene rings is 1. The van der Waals surface area contributed by atoms with E-state index in [0.717, 1.165) is 10.2 Å². The van der Waals surface area contributed by atoms with Crippen LogP contribution in [-0.2, 0) is 13.1 Å². The van der Waals surface area contributed by atoms with Gasteiger partial charge in [0.2, 0.25) is 0 Å². The zero-order valence-electron chi connectivity index (χ0n) is 14.1. The molecule has 0 aliphatic carbocycles. The fourth-order valence-corrected chi connectivity index (χ4v) is 3.88. The lowest BCUT2D eigenvalue weighted by atomic mass is 10.2. The van der Waals surface area contributed by atoms with E-state index < -0.39 is 0 Å². The molecule has 2 aromatic heterocycles. The Kier molecular flexibility index (Phi) is 4.22. The summed E-state index contributed by atoms with van der Waals surface area (Å²) >= 11 is 1.39. The average molecular weight is 368 g/mol. The predicted molar refractivity (Wildman–Crippen MR) is 97.4 cm³/mol. The van der Waals surface area contributed by atoms with E-state index in [0.29, 0.717) is 48.3 Å². The Morgan fingerprint density at radius 1 is 1.38 bits per heavy atom. The minimum absolute atomic E-state index is 0.304. The van der Waals surface area contributed by atoms with Crippen LogP contribution in [0.25, 0.3) is 10.2 Å². The van der Waals surface area contributed by atoms with Crippen molar-refractivity contribution < 1.29 is 14.3 Å². The molecule has 1 aliphatic rings. The molecule has 3 aromatic rings. The summed E-state index contributed by atoms with van der Waals surface area (Å²) in [6.45, 7) is 3.85.